The van der Waals surface area contributed by atoms with Crippen LogP contribution in [0.3, 0.4) is 0 Å². The van der Waals surface area contributed by atoms with Crippen LogP contribution >= 0.6 is 11.6 Å². The van der Waals surface area contributed by atoms with Crippen molar-refractivity contribution in [3.05, 3.63) is 53.2 Å². The van der Waals surface area contributed by atoms with Crippen LogP contribution in [0.5, 0.6) is 5.75 Å². The molecule has 1 heterocycles. The Bertz CT molecular complexity index is 1150. The Morgan fingerprint density at radius 2 is 1.81 bits per heavy atom. The van der Waals surface area contributed by atoms with Gasteiger partial charge < -0.3 is 21.0 Å². The third-order valence-electron chi connectivity index (χ3n) is 6.82. The van der Waals surface area contributed by atoms with Gasteiger partial charge in [0.2, 0.25) is 0 Å². The van der Waals surface area contributed by atoms with Gasteiger partial charge in [-0.3, -0.25) is 4.98 Å². The number of anilines is 1. The minimum Gasteiger partial charge on any atom is -0.506 e. The Hall–Kier alpha value is -2.63. The maximum atomic E-state index is 12.0. The van der Waals surface area contributed by atoms with Gasteiger partial charge in [-0.05, 0) is 73.9 Å². The van der Waals surface area contributed by atoms with Crippen LogP contribution in [0.4, 0.5) is 5.69 Å². The van der Waals surface area contributed by atoms with Gasteiger partial charge in [-0.2, -0.15) is 0 Å². The molecule has 0 amide bonds. The van der Waals surface area contributed by atoms with Crippen molar-refractivity contribution in [1.82, 2.24) is 4.98 Å². The molecule has 0 spiro atoms. The second kappa shape index (κ2) is 7.81. The van der Waals surface area contributed by atoms with Gasteiger partial charge >= 0.3 is 0 Å². The smallest absolute Gasteiger partial charge is 0.134 e. The summed E-state index contributed by atoms with van der Waals surface area (Å²) in [4.78, 5) is 16.6. The maximum absolute atomic E-state index is 12.0. The lowest BCUT2D eigenvalue weighted by Gasteiger charge is -2.29. The van der Waals surface area contributed by atoms with Gasteiger partial charge in [0, 0.05) is 34.9 Å². The van der Waals surface area contributed by atoms with Gasteiger partial charge in [-0.25, -0.2) is 0 Å². The SMILES string of the molecule is NC1CCC(Nc2c(C3(C=O)CC3)cnc3ccc(-c4ccc(O)c(Cl)c4)cc23)CC1. The van der Waals surface area contributed by atoms with E-state index < -0.39 is 5.41 Å². The quantitative estimate of drug-likeness (QED) is 0.481. The molecule has 1 aromatic heterocycles. The number of hydrogen-bond donors (Lipinski definition) is 3. The van der Waals surface area contributed by atoms with Gasteiger partial charge in [0.05, 0.1) is 16.0 Å². The molecule has 4 N–H and O–H groups in total. The van der Waals surface area contributed by atoms with E-state index in [4.69, 9.17) is 17.3 Å². The van der Waals surface area contributed by atoms with Crippen LogP contribution in [0.1, 0.15) is 44.1 Å². The molecule has 5 nitrogen and oxygen atoms in total. The summed E-state index contributed by atoms with van der Waals surface area (Å²) < 4.78 is 0. The van der Waals surface area contributed by atoms with E-state index >= 15 is 0 Å². The fourth-order valence-corrected chi connectivity index (χ4v) is 4.83. The third kappa shape index (κ3) is 3.77. The van der Waals surface area contributed by atoms with Crippen molar-refractivity contribution in [2.75, 3.05) is 5.32 Å². The molecule has 3 aromatic rings. The molecular weight excluding hydrogens is 410 g/mol. The van der Waals surface area contributed by atoms with E-state index in [-0.39, 0.29) is 11.8 Å². The lowest BCUT2D eigenvalue weighted by Crippen LogP contribution is -2.33. The third-order valence-corrected chi connectivity index (χ3v) is 7.12. The standard InChI is InChI=1S/C25H26ClN3O2/c26-21-12-16(2-8-23(21)31)15-1-7-22-19(11-15)24(29-18-5-3-17(27)4-6-18)20(13-28-22)25(14-30)9-10-25/h1-2,7-8,11-14,17-18,31H,3-6,9-10,27H2,(H,28,29). The molecule has 5 rings (SSSR count). The van der Waals surface area contributed by atoms with Crippen LogP contribution in [0.15, 0.2) is 42.6 Å². The predicted molar refractivity (Wildman–Crippen MR) is 125 cm³/mol. The fraction of sp³-hybridized carbons (Fsp3) is 0.360. The lowest BCUT2D eigenvalue weighted by molar-refractivity contribution is -0.109. The Labute approximate surface area is 186 Å². The number of rotatable bonds is 5. The largest absolute Gasteiger partial charge is 0.506 e. The number of pyridine rings is 1. The van der Waals surface area contributed by atoms with Crippen molar-refractivity contribution in [2.24, 2.45) is 5.73 Å². The van der Waals surface area contributed by atoms with Crippen molar-refractivity contribution < 1.29 is 9.90 Å². The van der Waals surface area contributed by atoms with Crippen LogP contribution in [-0.2, 0) is 10.2 Å². The lowest BCUT2D eigenvalue weighted by atomic mass is 9.89. The Balaban J connectivity index is 1.63. The zero-order valence-corrected chi connectivity index (χ0v) is 18.0. The van der Waals surface area contributed by atoms with E-state index in [1.165, 1.54) is 0 Å². The molecule has 0 saturated heterocycles. The molecule has 6 heteroatoms. The van der Waals surface area contributed by atoms with E-state index in [1.807, 2.05) is 24.4 Å². The van der Waals surface area contributed by atoms with Gasteiger partial charge in [0.1, 0.15) is 12.0 Å². The number of phenolic OH excluding ortho intramolecular Hbond substituents is 1. The minimum absolute atomic E-state index is 0.0645. The van der Waals surface area contributed by atoms with Crippen molar-refractivity contribution in [3.8, 4) is 16.9 Å². The average molecular weight is 436 g/mol. The summed E-state index contributed by atoms with van der Waals surface area (Å²) in [5.74, 6) is 0.0645. The number of carbonyl (C=O) groups is 1. The molecule has 2 aliphatic rings. The molecule has 2 aliphatic carbocycles. The molecule has 31 heavy (non-hydrogen) atoms. The van der Waals surface area contributed by atoms with Crippen LogP contribution in [0, 0.1) is 0 Å². The second-order valence-electron chi connectivity index (χ2n) is 8.98. The number of nitrogens with two attached hydrogens (primary N) is 1. The molecule has 160 valence electrons. The summed E-state index contributed by atoms with van der Waals surface area (Å²) in [5.41, 5.74) is 10.5. The zero-order valence-electron chi connectivity index (χ0n) is 17.3. The van der Waals surface area contributed by atoms with Crippen molar-refractivity contribution in [3.63, 3.8) is 0 Å². The topological polar surface area (TPSA) is 88.2 Å². The second-order valence-corrected chi connectivity index (χ2v) is 9.38. The number of phenols is 1. The van der Waals surface area contributed by atoms with Crippen LogP contribution in [0.25, 0.3) is 22.0 Å². The first-order valence-corrected chi connectivity index (χ1v) is 11.3. The highest BCUT2D eigenvalue weighted by atomic mass is 35.5. The number of nitrogens with one attached hydrogen (secondary N) is 1. The molecular formula is C25H26ClN3O2. The van der Waals surface area contributed by atoms with Crippen LogP contribution < -0.4 is 11.1 Å². The summed E-state index contributed by atoms with van der Waals surface area (Å²) in [5, 5.41) is 14.9. The number of hydrogen-bond acceptors (Lipinski definition) is 5. The van der Waals surface area contributed by atoms with E-state index in [1.54, 1.807) is 12.1 Å². The molecule has 2 saturated carbocycles. The zero-order chi connectivity index (χ0) is 21.6. The predicted octanol–water partition coefficient (Wildman–Crippen LogP) is 5.17. The molecule has 0 aliphatic heterocycles. The van der Waals surface area contributed by atoms with Gasteiger partial charge in [0.25, 0.3) is 0 Å². The average Bonchev–Trinajstić information content (AvgIpc) is 3.58. The monoisotopic (exact) mass is 435 g/mol. The first-order valence-electron chi connectivity index (χ1n) is 10.9. The number of carbonyl (C=O) groups excluding carboxylic acids is 1. The molecule has 0 unspecified atom stereocenters. The summed E-state index contributed by atoms with van der Waals surface area (Å²) in [6, 6.07) is 11.9. The van der Waals surface area contributed by atoms with Gasteiger partial charge in [-0.15, -0.1) is 0 Å². The van der Waals surface area contributed by atoms with E-state index in [2.05, 4.69) is 16.4 Å². The first kappa shape index (κ1) is 20.3. The fourth-order valence-electron chi connectivity index (χ4n) is 4.64. The Morgan fingerprint density at radius 3 is 2.48 bits per heavy atom. The Morgan fingerprint density at radius 1 is 1.10 bits per heavy atom. The normalized spacial score (nSPS) is 22.3. The van der Waals surface area contributed by atoms with E-state index in [9.17, 15) is 9.90 Å². The van der Waals surface area contributed by atoms with Crippen LogP contribution in [-0.4, -0.2) is 28.5 Å². The number of halogens is 1. The number of aromatic hydroxyl groups is 1. The number of aldehydes is 1. The summed E-state index contributed by atoms with van der Waals surface area (Å²) in [6.07, 6.45) is 8.73. The van der Waals surface area contributed by atoms with Crippen LogP contribution in [0.2, 0.25) is 5.02 Å². The summed E-state index contributed by atoms with van der Waals surface area (Å²) in [6.45, 7) is 0. The maximum Gasteiger partial charge on any atom is 0.134 e. The highest BCUT2D eigenvalue weighted by Gasteiger charge is 2.46. The minimum atomic E-state index is -0.424. The van der Waals surface area contributed by atoms with E-state index in [0.717, 1.165) is 78.1 Å². The van der Waals surface area contributed by atoms with Crippen molar-refractivity contribution >= 4 is 34.5 Å². The molecule has 0 bridgehead atoms. The van der Waals surface area contributed by atoms with Gasteiger partial charge in [0.15, 0.2) is 0 Å². The van der Waals surface area contributed by atoms with Crippen molar-refractivity contribution in [1.29, 1.82) is 0 Å². The van der Waals surface area contributed by atoms with Crippen molar-refractivity contribution in [2.45, 2.75) is 56.0 Å². The first-order chi connectivity index (χ1) is 15.0. The Kier molecular flexibility index (Phi) is 5.11. The molecule has 0 atom stereocenters. The summed E-state index contributed by atoms with van der Waals surface area (Å²) >= 11 is 6.14. The van der Waals surface area contributed by atoms with E-state index in [0.29, 0.717) is 11.1 Å². The number of fused-ring (bicyclic) bond motifs is 1. The number of nitrogens with zero attached hydrogens (tertiary/aromatic N) is 1. The highest BCUT2D eigenvalue weighted by molar-refractivity contribution is 6.32. The molecule has 2 aromatic carbocycles. The molecule has 0 radical (unpaired) electrons. The number of aromatic nitrogens is 1. The number of benzene rings is 2. The molecule has 2 fully saturated rings. The highest BCUT2D eigenvalue weighted by Crippen LogP contribution is 2.50. The van der Waals surface area contributed by atoms with Gasteiger partial charge in [-0.1, -0.05) is 23.7 Å². The summed E-state index contributed by atoms with van der Waals surface area (Å²) in [7, 11) is 0.